The van der Waals surface area contributed by atoms with Crippen LogP contribution < -0.4 is 5.32 Å². The molecule has 0 saturated heterocycles. The van der Waals surface area contributed by atoms with Gasteiger partial charge in [-0.15, -0.1) is 0 Å². The van der Waals surface area contributed by atoms with Gasteiger partial charge in [0.15, 0.2) is 0 Å². The maximum absolute atomic E-state index is 11.5. The van der Waals surface area contributed by atoms with Crippen LogP contribution in [0.1, 0.15) is 33.6 Å². The standard InChI is InChI=1S/C10H19NO4/c1-4-10(5-2,6-12)11-8(13)7(3)9(14)15/h7,12H,4-6H2,1-3H3,(H,11,13)(H,14,15). The highest BCUT2D eigenvalue weighted by molar-refractivity contribution is 5.96. The van der Waals surface area contributed by atoms with E-state index in [0.29, 0.717) is 12.8 Å². The van der Waals surface area contributed by atoms with E-state index in [1.807, 2.05) is 13.8 Å². The van der Waals surface area contributed by atoms with Crippen LogP contribution in [0.3, 0.4) is 0 Å². The summed E-state index contributed by atoms with van der Waals surface area (Å²) in [5.74, 6) is -2.80. The molecule has 3 N–H and O–H groups in total. The normalized spacial score (nSPS) is 13.3. The third kappa shape index (κ3) is 3.51. The predicted octanol–water partition coefficient (Wildman–Crippen LogP) is 0.374. The summed E-state index contributed by atoms with van der Waals surface area (Å²) >= 11 is 0. The van der Waals surface area contributed by atoms with Gasteiger partial charge in [-0.1, -0.05) is 13.8 Å². The van der Waals surface area contributed by atoms with E-state index in [9.17, 15) is 14.7 Å². The van der Waals surface area contributed by atoms with Gasteiger partial charge in [-0.05, 0) is 19.8 Å². The lowest BCUT2D eigenvalue weighted by Crippen LogP contribution is -2.52. The largest absolute Gasteiger partial charge is 0.481 e. The van der Waals surface area contributed by atoms with Gasteiger partial charge in [0, 0.05) is 0 Å². The van der Waals surface area contributed by atoms with Crippen LogP contribution in [-0.4, -0.2) is 34.2 Å². The fourth-order valence-electron chi connectivity index (χ4n) is 1.17. The average Bonchev–Trinajstić information content (AvgIpc) is 2.24. The molecule has 0 aromatic heterocycles. The zero-order valence-electron chi connectivity index (χ0n) is 9.41. The molecule has 0 aromatic rings. The van der Waals surface area contributed by atoms with Crippen LogP contribution >= 0.6 is 0 Å². The van der Waals surface area contributed by atoms with E-state index < -0.39 is 23.3 Å². The zero-order chi connectivity index (χ0) is 12.1. The molecule has 1 amide bonds. The van der Waals surface area contributed by atoms with Crippen molar-refractivity contribution in [3.05, 3.63) is 0 Å². The van der Waals surface area contributed by atoms with Crippen molar-refractivity contribution >= 4 is 11.9 Å². The van der Waals surface area contributed by atoms with Crippen LogP contribution in [0, 0.1) is 5.92 Å². The second-order valence-electron chi connectivity index (χ2n) is 3.69. The molecular weight excluding hydrogens is 198 g/mol. The first-order chi connectivity index (χ1) is 6.92. The van der Waals surface area contributed by atoms with Crippen LogP contribution in [0.4, 0.5) is 0 Å². The molecule has 0 aliphatic heterocycles. The van der Waals surface area contributed by atoms with Crippen LogP contribution in [0.15, 0.2) is 0 Å². The van der Waals surface area contributed by atoms with Crippen molar-refractivity contribution < 1.29 is 19.8 Å². The average molecular weight is 217 g/mol. The van der Waals surface area contributed by atoms with Crippen LogP contribution in [0.25, 0.3) is 0 Å². The molecule has 0 aliphatic carbocycles. The monoisotopic (exact) mass is 217 g/mol. The Labute approximate surface area is 89.5 Å². The summed E-state index contributed by atoms with van der Waals surface area (Å²) < 4.78 is 0. The Morgan fingerprint density at radius 1 is 1.33 bits per heavy atom. The Kier molecular flexibility index (Phi) is 5.28. The summed E-state index contributed by atoms with van der Waals surface area (Å²) in [7, 11) is 0. The minimum absolute atomic E-state index is 0.182. The Bertz CT molecular complexity index is 227. The van der Waals surface area contributed by atoms with Gasteiger partial charge in [0.1, 0.15) is 5.92 Å². The van der Waals surface area contributed by atoms with Crippen molar-refractivity contribution in [2.45, 2.75) is 39.2 Å². The smallest absolute Gasteiger partial charge is 0.315 e. The molecule has 0 saturated carbocycles. The van der Waals surface area contributed by atoms with Gasteiger partial charge in [-0.25, -0.2) is 0 Å². The SMILES string of the molecule is CCC(CC)(CO)NC(=O)C(C)C(=O)O. The molecular formula is C10H19NO4. The van der Waals surface area contributed by atoms with Crippen molar-refractivity contribution in [1.29, 1.82) is 0 Å². The third-order valence-corrected chi connectivity index (χ3v) is 2.81. The second kappa shape index (κ2) is 5.70. The molecule has 0 radical (unpaired) electrons. The van der Waals surface area contributed by atoms with Crippen LogP contribution in [0.2, 0.25) is 0 Å². The van der Waals surface area contributed by atoms with Gasteiger partial charge in [0.25, 0.3) is 0 Å². The van der Waals surface area contributed by atoms with Gasteiger partial charge in [-0.2, -0.15) is 0 Å². The minimum atomic E-state index is -1.16. The number of carboxylic acids is 1. The molecule has 0 heterocycles. The number of hydrogen-bond donors (Lipinski definition) is 3. The maximum atomic E-state index is 11.5. The first-order valence-electron chi connectivity index (χ1n) is 5.08. The van der Waals surface area contributed by atoms with E-state index in [0.717, 1.165) is 0 Å². The predicted molar refractivity (Wildman–Crippen MR) is 55.3 cm³/mol. The van der Waals surface area contributed by atoms with Crippen molar-refractivity contribution in [1.82, 2.24) is 5.32 Å². The van der Waals surface area contributed by atoms with Gasteiger partial charge in [0.2, 0.25) is 5.91 Å². The summed E-state index contributed by atoms with van der Waals surface area (Å²) in [5.41, 5.74) is -0.694. The lowest BCUT2D eigenvalue weighted by molar-refractivity contribution is -0.147. The Morgan fingerprint density at radius 2 is 1.80 bits per heavy atom. The number of aliphatic hydroxyl groups is 1. The number of nitrogens with one attached hydrogen (secondary N) is 1. The second-order valence-corrected chi connectivity index (χ2v) is 3.69. The number of aliphatic hydroxyl groups excluding tert-OH is 1. The molecule has 5 nitrogen and oxygen atoms in total. The van der Waals surface area contributed by atoms with E-state index in [4.69, 9.17) is 5.11 Å². The third-order valence-electron chi connectivity index (χ3n) is 2.81. The van der Waals surface area contributed by atoms with Gasteiger partial charge >= 0.3 is 5.97 Å². The fraction of sp³-hybridized carbons (Fsp3) is 0.800. The minimum Gasteiger partial charge on any atom is -0.481 e. The lowest BCUT2D eigenvalue weighted by atomic mass is 9.93. The van der Waals surface area contributed by atoms with Crippen molar-refractivity contribution in [3.8, 4) is 0 Å². The van der Waals surface area contributed by atoms with Crippen molar-refractivity contribution in [2.75, 3.05) is 6.61 Å². The van der Waals surface area contributed by atoms with Gasteiger partial charge < -0.3 is 15.5 Å². The van der Waals surface area contributed by atoms with Crippen LogP contribution in [-0.2, 0) is 9.59 Å². The van der Waals surface area contributed by atoms with Gasteiger partial charge in [-0.3, -0.25) is 9.59 Å². The molecule has 0 fully saturated rings. The van der Waals surface area contributed by atoms with E-state index in [1.54, 1.807) is 0 Å². The number of carbonyl (C=O) groups is 2. The number of amides is 1. The van der Waals surface area contributed by atoms with Crippen molar-refractivity contribution in [3.63, 3.8) is 0 Å². The first kappa shape index (κ1) is 13.9. The quantitative estimate of drug-likeness (QED) is 0.561. The molecule has 88 valence electrons. The summed E-state index contributed by atoms with van der Waals surface area (Å²) in [5, 5.41) is 20.4. The number of hydrogen-bond acceptors (Lipinski definition) is 3. The summed E-state index contributed by atoms with van der Waals surface area (Å²) in [6.07, 6.45) is 1.14. The van der Waals surface area contributed by atoms with Crippen LogP contribution in [0.5, 0.6) is 0 Å². The Balaban J connectivity index is 4.55. The highest BCUT2D eigenvalue weighted by Crippen LogP contribution is 2.15. The van der Waals surface area contributed by atoms with E-state index in [1.165, 1.54) is 6.92 Å². The lowest BCUT2D eigenvalue weighted by Gasteiger charge is -2.31. The number of aliphatic carboxylic acids is 1. The Hall–Kier alpha value is -1.10. The molecule has 1 unspecified atom stereocenters. The molecule has 0 bridgehead atoms. The summed E-state index contributed by atoms with van der Waals surface area (Å²) in [4.78, 5) is 22.0. The highest BCUT2D eigenvalue weighted by Gasteiger charge is 2.31. The van der Waals surface area contributed by atoms with Crippen molar-refractivity contribution in [2.24, 2.45) is 5.92 Å². The number of carboxylic acid groups (broad SMARTS) is 1. The molecule has 15 heavy (non-hydrogen) atoms. The van der Waals surface area contributed by atoms with E-state index in [-0.39, 0.29) is 6.61 Å². The molecule has 0 rings (SSSR count). The molecule has 1 atom stereocenters. The van der Waals surface area contributed by atoms with Gasteiger partial charge in [0.05, 0.1) is 12.1 Å². The topological polar surface area (TPSA) is 86.6 Å². The molecule has 5 heteroatoms. The van der Waals surface area contributed by atoms with E-state index in [2.05, 4.69) is 5.32 Å². The number of rotatable bonds is 6. The summed E-state index contributed by atoms with van der Waals surface area (Å²) in [6.45, 7) is 4.82. The highest BCUT2D eigenvalue weighted by atomic mass is 16.4. The zero-order valence-corrected chi connectivity index (χ0v) is 9.41. The number of carbonyl (C=O) groups excluding carboxylic acids is 1. The fourth-order valence-corrected chi connectivity index (χ4v) is 1.17. The van der Waals surface area contributed by atoms with E-state index >= 15 is 0 Å². The molecule has 0 aliphatic rings. The molecule has 0 spiro atoms. The summed E-state index contributed by atoms with van der Waals surface area (Å²) in [6, 6.07) is 0. The first-order valence-corrected chi connectivity index (χ1v) is 5.08. The maximum Gasteiger partial charge on any atom is 0.315 e. The Morgan fingerprint density at radius 3 is 2.07 bits per heavy atom. The molecule has 0 aromatic carbocycles.